The molecule has 5 heteroatoms. The second-order valence-electron chi connectivity index (χ2n) is 4.26. The van der Waals surface area contributed by atoms with E-state index >= 15 is 0 Å². The number of carboxylic acids is 1. The van der Waals surface area contributed by atoms with E-state index < -0.39 is 12.0 Å². The molecule has 0 aliphatic carbocycles. The van der Waals surface area contributed by atoms with Gasteiger partial charge in [-0.05, 0) is 6.42 Å². The standard InChI is InChI=1S/C10H21NO2.C3H4N2/c1-2-3-4-5-6-7-8-9(11)10(12)13;1-2-5-3-4-1/h9H,2-8,11H2,1H3,(H,12,13);1-3H,(H,4,5). The van der Waals surface area contributed by atoms with Crippen LogP contribution >= 0.6 is 0 Å². The highest BCUT2D eigenvalue weighted by Crippen LogP contribution is 2.07. The van der Waals surface area contributed by atoms with Crippen molar-refractivity contribution in [2.24, 2.45) is 5.73 Å². The number of rotatable bonds is 8. The molecule has 0 saturated carbocycles. The Morgan fingerprint density at radius 2 is 2.00 bits per heavy atom. The van der Waals surface area contributed by atoms with Gasteiger partial charge in [0.1, 0.15) is 6.04 Å². The van der Waals surface area contributed by atoms with E-state index in [2.05, 4.69) is 16.9 Å². The summed E-state index contributed by atoms with van der Waals surface area (Å²) in [6, 6.07) is -0.661. The number of aromatic amines is 1. The first-order chi connectivity index (χ1) is 8.68. The van der Waals surface area contributed by atoms with Gasteiger partial charge in [-0.15, -0.1) is 0 Å². The summed E-state index contributed by atoms with van der Waals surface area (Å²) in [6.07, 6.45) is 12.7. The van der Waals surface area contributed by atoms with E-state index in [9.17, 15) is 4.79 Å². The number of hydrogen-bond acceptors (Lipinski definition) is 3. The van der Waals surface area contributed by atoms with Gasteiger partial charge in [-0.1, -0.05) is 45.4 Å². The molecule has 18 heavy (non-hydrogen) atoms. The van der Waals surface area contributed by atoms with Gasteiger partial charge < -0.3 is 15.8 Å². The van der Waals surface area contributed by atoms with E-state index in [1.165, 1.54) is 25.7 Å². The Balaban J connectivity index is 0.000000473. The summed E-state index contributed by atoms with van der Waals surface area (Å²) in [5, 5.41) is 8.50. The molecule has 1 atom stereocenters. The number of imidazole rings is 1. The quantitative estimate of drug-likeness (QED) is 0.622. The van der Waals surface area contributed by atoms with Crippen LogP contribution in [0.4, 0.5) is 0 Å². The molecule has 1 heterocycles. The third-order valence-corrected chi connectivity index (χ3v) is 2.59. The van der Waals surface area contributed by atoms with Gasteiger partial charge in [0.2, 0.25) is 0 Å². The van der Waals surface area contributed by atoms with Crippen LogP contribution in [0.1, 0.15) is 51.9 Å². The molecule has 0 amide bonds. The molecule has 1 aromatic heterocycles. The number of aromatic nitrogens is 2. The molecule has 1 aromatic rings. The number of carbonyl (C=O) groups is 1. The summed E-state index contributed by atoms with van der Waals surface area (Å²) in [5.74, 6) is -0.881. The number of hydrogen-bond donors (Lipinski definition) is 3. The Morgan fingerprint density at radius 3 is 2.44 bits per heavy atom. The zero-order valence-electron chi connectivity index (χ0n) is 11.1. The number of carboxylic acid groups (broad SMARTS) is 1. The van der Waals surface area contributed by atoms with Crippen molar-refractivity contribution < 1.29 is 9.90 Å². The van der Waals surface area contributed by atoms with Crippen LogP contribution in [0.15, 0.2) is 18.7 Å². The highest BCUT2D eigenvalue weighted by molar-refractivity contribution is 5.72. The topological polar surface area (TPSA) is 92.0 Å². The Labute approximate surface area is 109 Å². The average molecular weight is 255 g/mol. The largest absolute Gasteiger partial charge is 0.480 e. The lowest BCUT2D eigenvalue weighted by Gasteiger charge is -2.05. The van der Waals surface area contributed by atoms with Crippen molar-refractivity contribution in [3.8, 4) is 0 Å². The van der Waals surface area contributed by atoms with Crippen molar-refractivity contribution in [2.75, 3.05) is 0 Å². The van der Waals surface area contributed by atoms with Crippen LogP contribution in [0.2, 0.25) is 0 Å². The summed E-state index contributed by atoms with van der Waals surface area (Å²) < 4.78 is 0. The van der Waals surface area contributed by atoms with Crippen LogP contribution in [0, 0.1) is 0 Å². The van der Waals surface area contributed by atoms with Gasteiger partial charge in [0, 0.05) is 12.4 Å². The van der Waals surface area contributed by atoms with Crippen molar-refractivity contribution in [2.45, 2.75) is 57.9 Å². The lowest BCUT2D eigenvalue weighted by atomic mass is 10.1. The maximum atomic E-state index is 10.3. The fraction of sp³-hybridized carbons (Fsp3) is 0.692. The van der Waals surface area contributed by atoms with Crippen LogP contribution in [-0.4, -0.2) is 27.1 Å². The molecule has 0 aromatic carbocycles. The van der Waals surface area contributed by atoms with E-state index in [-0.39, 0.29) is 0 Å². The van der Waals surface area contributed by atoms with Crippen LogP contribution in [0.3, 0.4) is 0 Å². The molecular formula is C13H25N3O2. The van der Waals surface area contributed by atoms with Gasteiger partial charge in [-0.3, -0.25) is 4.79 Å². The van der Waals surface area contributed by atoms with E-state index in [4.69, 9.17) is 10.8 Å². The average Bonchev–Trinajstić information content (AvgIpc) is 2.92. The van der Waals surface area contributed by atoms with Gasteiger partial charge >= 0.3 is 5.97 Å². The Bertz CT molecular complexity index is 259. The first-order valence-corrected chi connectivity index (χ1v) is 6.59. The zero-order chi connectivity index (χ0) is 13.6. The normalized spacial score (nSPS) is 11.4. The fourth-order valence-corrected chi connectivity index (χ4v) is 1.48. The van der Waals surface area contributed by atoms with Crippen molar-refractivity contribution >= 4 is 5.97 Å². The van der Waals surface area contributed by atoms with Gasteiger partial charge in [-0.2, -0.15) is 0 Å². The van der Waals surface area contributed by atoms with Gasteiger partial charge in [0.25, 0.3) is 0 Å². The molecule has 1 rings (SSSR count). The second-order valence-corrected chi connectivity index (χ2v) is 4.26. The Hall–Kier alpha value is -1.36. The molecule has 0 radical (unpaired) electrons. The van der Waals surface area contributed by atoms with Crippen LogP contribution in [0.25, 0.3) is 0 Å². The van der Waals surface area contributed by atoms with Gasteiger partial charge in [-0.25, -0.2) is 4.98 Å². The van der Waals surface area contributed by atoms with Gasteiger partial charge in [0.15, 0.2) is 0 Å². The number of unbranched alkanes of at least 4 members (excludes halogenated alkanes) is 5. The maximum Gasteiger partial charge on any atom is 0.320 e. The Kier molecular flexibility index (Phi) is 11.2. The Morgan fingerprint density at radius 1 is 1.33 bits per heavy atom. The first-order valence-electron chi connectivity index (χ1n) is 6.59. The monoisotopic (exact) mass is 255 g/mol. The number of nitrogens with zero attached hydrogens (tertiary/aromatic N) is 1. The smallest absolute Gasteiger partial charge is 0.320 e. The van der Waals surface area contributed by atoms with Crippen molar-refractivity contribution in [3.05, 3.63) is 18.7 Å². The lowest BCUT2D eigenvalue weighted by molar-refractivity contribution is -0.138. The van der Waals surface area contributed by atoms with Crippen LogP contribution in [0.5, 0.6) is 0 Å². The molecule has 0 bridgehead atoms. The van der Waals surface area contributed by atoms with E-state index in [0.717, 1.165) is 12.8 Å². The molecule has 0 spiro atoms. The van der Waals surface area contributed by atoms with Crippen molar-refractivity contribution in [3.63, 3.8) is 0 Å². The lowest BCUT2D eigenvalue weighted by Crippen LogP contribution is -2.29. The molecule has 5 nitrogen and oxygen atoms in total. The minimum absolute atomic E-state index is 0.613. The molecule has 104 valence electrons. The third kappa shape index (κ3) is 11.1. The minimum Gasteiger partial charge on any atom is -0.480 e. The summed E-state index contributed by atoms with van der Waals surface area (Å²) in [6.45, 7) is 2.18. The second kappa shape index (κ2) is 12.1. The van der Waals surface area contributed by atoms with E-state index in [1.807, 2.05) is 0 Å². The summed E-state index contributed by atoms with van der Waals surface area (Å²) in [4.78, 5) is 16.8. The third-order valence-electron chi connectivity index (χ3n) is 2.59. The maximum absolute atomic E-state index is 10.3. The van der Waals surface area contributed by atoms with Crippen molar-refractivity contribution in [1.82, 2.24) is 9.97 Å². The highest BCUT2D eigenvalue weighted by Gasteiger charge is 2.09. The molecular weight excluding hydrogens is 230 g/mol. The predicted molar refractivity (Wildman–Crippen MR) is 72.2 cm³/mol. The first kappa shape index (κ1) is 16.6. The van der Waals surface area contributed by atoms with E-state index in [1.54, 1.807) is 18.7 Å². The molecule has 4 N–H and O–H groups in total. The summed E-state index contributed by atoms with van der Waals surface area (Å²) in [7, 11) is 0. The molecule has 1 unspecified atom stereocenters. The molecule has 0 aliphatic heterocycles. The van der Waals surface area contributed by atoms with E-state index in [0.29, 0.717) is 6.42 Å². The number of H-pyrrole nitrogens is 1. The summed E-state index contributed by atoms with van der Waals surface area (Å²) >= 11 is 0. The summed E-state index contributed by atoms with van der Waals surface area (Å²) in [5.41, 5.74) is 5.36. The number of nitrogens with two attached hydrogens (primary N) is 1. The van der Waals surface area contributed by atoms with Crippen LogP contribution in [-0.2, 0) is 4.79 Å². The molecule has 0 aliphatic rings. The van der Waals surface area contributed by atoms with Crippen LogP contribution < -0.4 is 5.73 Å². The fourth-order valence-electron chi connectivity index (χ4n) is 1.48. The minimum atomic E-state index is -0.881. The number of nitrogens with one attached hydrogen (secondary N) is 1. The highest BCUT2D eigenvalue weighted by atomic mass is 16.4. The predicted octanol–water partition coefficient (Wildman–Crippen LogP) is 2.56. The zero-order valence-corrected chi connectivity index (χ0v) is 11.1. The number of aliphatic carboxylic acids is 1. The molecule has 0 fully saturated rings. The van der Waals surface area contributed by atoms with Gasteiger partial charge in [0.05, 0.1) is 6.33 Å². The molecule has 0 saturated heterocycles. The van der Waals surface area contributed by atoms with Crippen molar-refractivity contribution in [1.29, 1.82) is 0 Å². The SMILES string of the molecule is CCCCCCCCC(N)C(=O)O.c1c[nH]cn1.